The van der Waals surface area contributed by atoms with Crippen LogP contribution in [0.3, 0.4) is 0 Å². The summed E-state index contributed by atoms with van der Waals surface area (Å²) >= 11 is 0. The Labute approximate surface area is 185 Å². The van der Waals surface area contributed by atoms with Crippen molar-refractivity contribution in [3.63, 3.8) is 0 Å². The van der Waals surface area contributed by atoms with Crippen LogP contribution in [0.2, 0.25) is 0 Å². The van der Waals surface area contributed by atoms with E-state index < -0.39 is 0 Å². The lowest BCUT2D eigenvalue weighted by Gasteiger charge is -2.22. The van der Waals surface area contributed by atoms with Gasteiger partial charge in [-0.05, 0) is 61.1 Å². The molecule has 1 fully saturated rings. The second-order valence-corrected chi connectivity index (χ2v) is 8.70. The van der Waals surface area contributed by atoms with Crippen molar-refractivity contribution in [2.45, 2.75) is 32.8 Å². The molecule has 4 atom stereocenters. The fourth-order valence-corrected chi connectivity index (χ4v) is 4.83. The molecule has 4 aromatic rings. The normalized spacial score (nSPS) is 21.7. The number of pyridine rings is 1. The van der Waals surface area contributed by atoms with Crippen LogP contribution in [0, 0.1) is 23.6 Å². The summed E-state index contributed by atoms with van der Waals surface area (Å²) in [6.45, 7) is 4.11. The molecule has 0 saturated heterocycles. The number of hydrogen-bond acceptors (Lipinski definition) is 4. The van der Waals surface area contributed by atoms with E-state index in [0.29, 0.717) is 28.5 Å². The highest BCUT2D eigenvalue weighted by Gasteiger charge is 2.38. The maximum absolute atomic E-state index is 13.8. The SMILES string of the molecule is CC1CC(Oc2ccnc3ccc(F)cc23)CC1C(C)C(=O)Nc1nc2ccccc2[nH]1. The van der Waals surface area contributed by atoms with E-state index in [0.717, 1.165) is 23.9 Å². The molecule has 2 heterocycles. The number of ether oxygens (including phenoxy) is 1. The lowest BCUT2D eigenvalue weighted by atomic mass is 9.85. The van der Waals surface area contributed by atoms with Gasteiger partial charge in [0.05, 0.1) is 22.7 Å². The van der Waals surface area contributed by atoms with Gasteiger partial charge in [-0.25, -0.2) is 9.37 Å². The van der Waals surface area contributed by atoms with Crippen LogP contribution in [0.1, 0.15) is 26.7 Å². The van der Waals surface area contributed by atoms with Gasteiger partial charge in [-0.3, -0.25) is 15.1 Å². The number of carbonyl (C=O) groups excluding carboxylic acids is 1. The van der Waals surface area contributed by atoms with Crippen molar-refractivity contribution >= 4 is 33.8 Å². The quantitative estimate of drug-likeness (QED) is 0.447. The predicted octanol–water partition coefficient (Wildman–Crippen LogP) is 5.32. The van der Waals surface area contributed by atoms with Crippen LogP contribution < -0.4 is 10.1 Å². The van der Waals surface area contributed by atoms with E-state index in [4.69, 9.17) is 4.74 Å². The Balaban J connectivity index is 1.27. The topological polar surface area (TPSA) is 79.9 Å². The molecule has 5 rings (SSSR count). The number of imidazole rings is 1. The largest absolute Gasteiger partial charge is 0.490 e. The summed E-state index contributed by atoms with van der Waals surface area (Å²) in [5, 5.41) is 3.59. The summed E-state index contributed by atoms with van der Waals surface area (Å²) in [4.78, 5) is 24.8. The van der Waals surface area contributed by atoms with Crippen molar-refractivity contribution in [2.75, 3.05) is 5.32 Å². The van der Waals surface area contributed by atoms with E-state index >= 15 is 0 Å². The summed E-state index contributed by atoms with van der Waals surface area (Å²) < 4.78 is 20.0. The lowest BCUT2D eigenvalue weighted by Crippen LogP contribution is -2.29. The van der Waals surface area contributed by atoms with Gasteiger partial charge >= 0.3 is 0 Å². The molecule has 164 valence electrons. The first-order valence-corrected chi connectivity index (χ1v) is 10.9. The van der Waals surface area contributed by atoms with Crippen molar-refractivity contribution in [3.05, 3.63) is 60.5 Å². The summed E-state index contributed by atoms with van der Waals surface area (Å²) in [6.07, 6.45) is 3.24. The molecule has 2 N–H and O–H groups in total. The molecule has 0 bridgehead atoms. The summed E-state index contributed by atoms with van der Waals surface area (Å²) in [6, 6.07) is 14.0. The number of aromatic nitrogens is 3. The van der Waals surface area contributed by atoms with Gasteiger partial charge in [0.1, 0.15) is 11.6 Å². The summed E-state index contributed by atoms with van der Waals surface area (Å²) in [7, 11) is 0. The molecule has 1 amide bonds. The highest BCUT2D eigenvalue weighted by Crippen LogP contribution is 2.40. The average molecular weight is 432 g/mol. The molecule has 1 aliphatic carbocycles. The van der Waals surface area contributed by atoms with Gasteiger partial charge in [0, 0.05) is 17.5 Å². The second kappa shape index (κ2) is 8.22. The molecule has 0 spiro atoms. The fourth-order valence-electron chi connectivity index (χ4n) is 4.83. The Morgan fingerprint density at radius 3 is 2.88 bits per heavy atom. The maximum atomic E-state index is 13.8. The van der Waals surface area contributed by atoms with Crippen molar-refractivity contribution in [2.24, 2.45) is 17.8 Å². The molecular formula is C25H25FN4O2. The number of fused-ring (bicyclic) bond motifs is 2. The van der Waals surface area contributed by atoms with Crippen LogP contribution in [0.4, 0.5) is 10.3 Å². The molecule has 4 unspecified atom stereocenters. The van der Waals surface area contributed by atoms with Crippen LogP contribution in [0.25, 0.3) is 21.9 Å². The first-order chi connectivity index (χ1) is 15.5. The van der Waals surface area contributed by atoms with Crippen LogP contribution in [-0.2, 0) is 4.79 Å². The molecule has 1 aliphatic rings. The molecule has 7 heteroatoms. The smallest absolute Gasteiger partial charge is 0.229 e. The maximum Gasteiger partial charge on any atom is 0.229 e. The van der Waals surface area contributed by atoms with Crippen LogP contribution in [0.15, 0.2) is 54.7 Å². The minimum absolute atomic E-state index is 0.0367. The first-order valence-electron chi connectivity index (χ1n) is 10.9. The number of halogens is 1. The zero-order chi connectivity index (χ0) is 22.2. The number of anilines is 1. The highest BCUT2D eigenvalue weighted by atomic mass is 19.1. The first kappa shape index (κ1) is 20.4. The van der Waals surface area contributed by atoms with Gasteiger partial charge in [0.2, 0.25) is 11.9 Å². The number of hydrogen-bond donors (Lipinski definition) is 2. The van der Waals surface area contributed by atoms with Crippen molar-refractivity contribution < 1.29 is 13.9 Å². The zero-order valence-corrected chi connectivity index (χ0v) is 18.0. The third-order valence-corrected chi connectivity index (χ3v) is 6.54. The van der Waals surface area contributed by atoms with Gasteiger partial charge in [0.15, 0.2) is 0 Å². The number of carbonyl (C=O) groups is 1. The molecule has 0 aliphatic heterocycles. The van der Waals surface area contributed by atoms with E-state index in [1.54, 1.807) is 18.3 Å². The van der Waals surface area contributed by atoms with Gasteiger partial charge in [-0.1, -0.05) is 26.0 Å². The lowest BCUT2D eigenvalue weighted by molar-refractivity contribution is -0.121. The Hall–Kier alpha value is -3.48. The number of para-hydroxylation sites is 2. The van der Waals surface area contributed by atoms with E-state index in [9.17, 15) is 9.18 Å². The standard InChI is InChI=1S/C25H25FN4O2/c1-14-11-17(32-23-9-10-27-20-8-7-16(26)12-19(20)23)13-18(14)15(2)24(31)30-25-28-21-5-3-4-6-22(21)29-25/h3-10,12,14-15,17-18H,11,13H2,1-2H3,(H2,28,29,30,31). The summed E-state index contributed by atoms with van der Waals surface area (Å²) in [5.74, 6) is 1.02. The van der Waals surface area contributed by atoms with Gasteiger partial charge in [-0.15, -0.1) is 0 Å². The number of nitrogens with one attached hydrogen (secondary N) is 2. The number of H-pyrrole nitrogens is 1. The molecule has 6 nitrogen and oxygen atoms in total. The molecule has 1 saturated carbocycles. The Morgan fingerprint density at radius 1 is 1.19 bits per heavy atom. The monoisotopic (exact) mass is 432 g/mol. The van der Waals surface area contributed by atoms with E-state index in [1.165, 1.54) is 12.1 Å². The molecule has 2 aromatic carbocycles. The number of nitrogens with zero attached hydrogens (tertiary/aromatic N) is 2. The number of rotatable bonds is 5. The minimum atomic E-state index is -0.316. The Bertz CT molecular complexity index is 1250. The minimum Gasteiger partial charge on any atom is -0.490 e. The van der Waals surface area contributed by atoms with E-state index in [1.807, 2.05) is 31.2 Å². The summed E-state index contributed by atoms with van der Waals surface area (Å²) in [5.41, 5.74) is 2.41. The fraction of sp³-hybridized carbons (Fsp3) is 0.320. The third-order valence-electron chi connectivity index (χ3n) is 6.54. The molecular weight excluding hydrogens is 407 g/mol. The van der Waals surface area contributed by atoms with Crippen LogP contribution in [0.5, 0.6) is 5.75 Å². The Morgan fingerprint density at radius 2 is 2.03 bits per heavy atom. The highest BCUT2D eigenvalue weighted by molar-refractivity contribution is 5.92. The number of benzene rings is 2. The predicted molar refractivity (Wildman–Crippen MR) is 122 cm³/mol. The molecule has 0 radical (unpaired) electrons. The van der Waals surface area contributed by atoms with Gasteiger partial charge in [0.25, 0.3) is 0 Å². The van der Waals surface area contributed by atoms with Crippen molar-refractivity contribution in [3.8, 4) is 5.75 Å². The van der Waals surface area contributed by atoms with E-state index in [2.05, 4.69) is 27.2 Å². The van der Waals surface area contributed by atoms with E-state index in [-0.39, 0.29) is 29.7 Å². The van der Waals surface area contributed by atoms with Gasteiger partial charge in [-0.2, -0.15) is 0 Å². The number of aromatic amines is 1. The Kier molecular flexibility index (Phi) is 5.25. The molecule has 32 heavy (non-hydrogen) atoms. The van der Waals surface area contributed by atoms with Gasteiger partial charge < -0.3 is 9.72 Å². The second-order valence-electron chi connectivity index (χ2n) is 8.70. The van der Waals surface area contributed by atoms with Crippen molar-refractivity contribution in [1.29, 1.82) is 0 Å². The van der Waals surface area contributed by atoms with Crippen LogP contribution >= 0.6 is 0 Å². The number of amides is 1. The third kappa shape index (κ3) is 3.90. The average Bonchev–Trinajstić information content (AvgIpc) is 3.35. The van der Waals surface area contributed by atoms with Crippen LogP contribution in [-0.4, -0.2) is 27.0 Å². The van der Waals surface area contributed by atoms with Crippen molar-refractivity contribution in [1.82, 2.24) is 15.0 Å². The molecule has 2 aromatic heterocycles. The zero-order valence-electron chi connectivity index (χ0n) is 18.0.